The minimum Gasteiger partial charge on any atom is -1.00 e. The summed E-state index contributed by atoms with van der Waals surface area (Å²) in [5.74, 6) is 1.01. The molecule has 2 aromatic rings. The molecule has 0 aliphatic carbocycles. The predicted octanol–water partition coefficient (Wildman–Crippen LogP) is -0.235. The Bertz CT molecular complexity index is 757. The van der Waals surface area contributed by atoms with Crippen LogP contribution in [0.4, 0.5) is 0 Å². The van der Waals surface area contributed by atoms with Crippen LogP contribution in [0.3, 0.4) is 0 Å². The van der Waals surface area contributed by atoms with Gasteiger partial charge in [-0.15, -0.1) is 0 Å². The first-order chi connectivity index (χ1) is 13.6. The van der Waals surface area contributed by atoms with Crippen molar-refractivity contribution in [3.05, 3.63) is 51.9 Å². The Morgan fingerprint density at radius 1 is 1.28 bits per heavy atom. The summed E-state index contributed by atoms with van der Waals surface area (Å²) in [6, 6.07) is 6.97. The van der Waals surface area contributed by atoms with E-state index >= 15 is 0 Å². The van der Waals surface area contributed by atoms with Crippen LogP contribution >= 0.6 is 23.2 Å². The van der Waals surface area contributed by atoms with E-state index < -0.39 is 0 Å². The number of rotatable bonds is 8. The lowest BCUT2D eigenvalue weighted by molar-refractivity contribution is -0.938. The van der Waals surface area contributed by atoms with Gasteiger partial charge in [-0.3, -0.25) is 4.79 Å². The Labute approximate surface area is 186 Å². The van der Waals surface area contributed by atoms with E-state index in [4.69, 9.17) is 37.1 Å². The third kappa shape index (κ3) is 6.27. The molecule has 0 saturated carbocycles. The molecule has 1 saturated heterocycles. The highest BCUT2D eigenvalue weighted by atomic mass is 35.5. The fraction of sp³-hybridized carbons (Fsp3) is 0.450. The van der Waals surface area contributed by atoms with E-state index in [2.05, 4.69) is 5.32 Å². The second kappa shape index (κ2) is 11.7. The van der Waals surface area contributed by atoms with Gasteiger partial charge < -0.3 is 36.5 Å². The monoisotopic (exact) mass is 462 g/mol. The van der Waals surface area contributed by atoms with Crippen LogP contribution in [0.2, 0.25) is 10.0 Å². The molecule has 160 valence electrons. The average molecular weight is 464 g/mol. The Kier molecular flexibility index (Phi) is 9.59. The van der Waals surface area contributed by atoms with Crippen LogP contribution in [-0.4, -0.2) is 45.4 Å². The van der Waals surface area contributed by atoms with Crippen molar-refractivity contribution in [1.82, 2.24) is 5.32 Å². The van der Waals surface area contributed by atoms with Gasteiger partial charge in [0.2, 0.25) is 0 Å². The van der Waals surface area contributed by atoms with Gasteiger partial charge in [-0.25, -0.2) is 0 Å². The summed E-state index contributed by atoms with van der Waals surface area (Å²) in [5.41, 5.74) is 0.397. The summed E-state index contributed by atoms with van der Waals surface area (Å²) in [4.78, 5) is 14.0. The number of nitrogens with one attached hydrogen (secondary N) is 2. The second-order valence-electron chi connectivity index (χ2n) is 6.67. The topological polar surface area (TPSA) is 65.1 Å². The lowest BCUT2D eigenvalue weighted by Gasteiger charge is -2.30. The second-order valence-corrected chi connectivity index (χ2v) is 7.48. The summed E-state index contributed by atoms with van der Waals surface area (Å²) in [5, 5.41) is 3.64. The molecule has 1 aliphatic heterocycles. The maximum Gasteiger partial charge on any atom is 0.251 e. The molecule has 1 atom stereocenters. The van der Waals surface area contributed by atoms with Crippen molar-refractivity contribution in [2.45, 2.75) is 19.4 Å². The number of hydrogen-bond donors (Lipinski definition) is 2. The molecule has 2 N–H and O–H groups in total. The number of amides is 1. The fourth-order valence-corrected chi connectivity index (χ4v) is 3.84. The number of carbonyl (C=O) groups excluding carboxylic acids is 1. The molecule has 1 aromatic carbocycles. The minimum absolute atomic E-state index is 0. The molecule has 0 radical (unpaired) electrons. The van der Waals surface area contributed by atoms with Gasteiger partial charge in [0.15, 0.2) is 17.6 Å². The van der Waals surface area contributed by atoms with Crippen molar-refractivity contribution < 1.29 is 36.0 Å². The van der Waals surface area contributed by atoms with Gasteiger partial charge in [0.1, 0.15) is 13.1 Å². The van der Waals surface area contributed by atoms with Gasteiger partial charge in [-0.05, 0) is 30.7 Å². The molecule has 0 bridgehead atoms. The molecule has 29 heavy (non-hydrogen) atoms. The van der Waals surface area contributed by atoms with E-state index in [-0.39, 0.29) is 24.4 Å². The largest absolute Gasteiger partial charge is 1.00 e. The number of quaternary nitrogens is 1. The molecule has 9 heteroatoms. The van der Waals surface area contributed by atoms with Crippen molar-refractivity contribution in [1.29, 1.82) is 0 Å². The Hall–Kier alpha value is -1.44. The summed E-state index contributed by atoms with van der Waals surface area (Å²) in [6.45, 7) is 6.07. The smallest absolute Gasteiger partial charge is 0.251 e. The zero-order chi connectivity index (χ0) is 19.9. The summed E-state index contributed by atoms with van der Waals surface area (Å²) >= 11 is 12.5. The van der Waals surface area contributed by atoms with Crippen molar-refractivity contribution in [2.24, 2.45) is 0 Å². The molecule has 1 aliphatic rings. The van der Waals surface area contributed by atoms with Crippen LogP contribution in [0, 0.1) is 0 Å². The van der Waals surface area contributed by atoms with Gasteiger partial charge in [0.25, 0.3) is 5.91 Å². The number of hydrogen-bond acceptors (Lipinski definition) is 4. The van der Waals surface area contributed by atoms with E-state index in [9.17, 15) is 4.79 Å². The van der Waals surface area contributed by atoms with Gasteiger partial charge in [-0.2, -0.15) is 0 Å². The Morgan fingerprint density at radius 3 is 2.55 bits per heavy atom. The predicted molar refractivity (Wildman–Crippen MR) is 108 cm³/mol. The lowest BCUT2D eigenvalue weighted by atomic mass is 10.1. The molecule has 2 heterocycles. The zero-order valence-corrected chi connectivity index (χ0v) is 18.4. The number of ether oxygens (including phenoxy) is 2. The van der Waals surface area contributed by atoms with Gasteiger partial charge in [0, 0.05) is 5.56 Å². The Balaban J connectivity index is 0.00000300. The molecule has 0 spiro atoms. The molecule has 1 unspecified atom stereocenters. The molecule has 6 nitrogen and oxygen atoms in total. The van der Waals surface area contributed by atoms with Gasteiger partial charge >= 0.3 is 0 Å². The minimum atomic E-state index is -0.241. The molecular weight excluding hydrogens is 439 g/mol. The number of halogens is 3. The molecule has 1 amide bonds. The van der Waals surface area contributed by atoms with Gasteiger partial charge in [-0.1, -0.05) is 30.1 Å². The normalized spacial score (nSPS) is 15.4. The highest BCUT2D eigenvalue weighted by molar-refractivity contribution is 6.37. The average Bonchev–Trinajstić information content (AvgIpc) is 3.22. The van der Waals surface area contributed by atoms with Crippen molar-refractivity contribution in [3.8, 4) is 5.75 Å². The van der Waals surface area contributed by atoms with E-state index in [0.29, 0.717) is 47.7 Å². The molecule has 1 fully saturated rings. The summed E-state index contributed by atoms with van der Waals surface area (Å²) in [7, 11) is 0. The quantitative estimate of drug-likeness (QED) is 0.567. The SMILES string of the molecule is CCCOc1c(Cl)cc(C(=O)NCC(c2ccco2)[NH+]2CCOCC2)cc1Cl.[Cl-]. The van der Waals surface area contributed by atoms with Crippen LogP contribution in [-0.2, 0) is 4.74 Å². The number of benzene rings is 1. The fourth-order valence-electron chi connectivity index (χ4n) is 3.25. The van der Waals surface area contributed by atoms with Crippen molar-refractivity contribution >= 4 is 29.1 Å². The van der Waals surface area contributed by atoms with Crippen LogP contribution in [0.25, 0.3) is 0 Å². The van der Waals surface area contributed by atoms with E-state index in [1.807, 2.05) is 19.1 Å². The van der Waals surface area contributed by atoms with Crippen molar-refractivity contribution in [2.75, 3.05) is 39.5 Å². The molecule has 3 rings (SSSR count). The first-order valence-electron chi connectivity index (χ1n) is 9.46. The Morgan fingerprint density at radius 2 is 1.97 bits per heavy atom. The lowest BCUT2D eigenvalue weighted by Crippen LogP contribution is -3.15. The molecular formula is C20H25Cl3N2O4. The maximum atomic E-state index is 12.7. The standard InChI is InChI=1S/C20H24Cl2N2O4.ClH/c1-2-7-28-19-15(21)11-14(12-16(19)22)20(25)23-13-17(18-4-3-8-27-18)24-5-9-26-10-6-24;/h3-4,8,11-12,17H,2,5-7,9-10,13H2,1H3,(H,23,25);1H. The van der Waals surface area contributed by atoms with Gasteiger partial charge in [0.05, 0.1) is 42.7 Å². The number of carbonyl (C=O) groups is 1. The van der Waals surface area contributed by atoms with Crippen LogP contribution in [0.1, 0.15) is 35.5 Å². The third-order valence-corrected chi connectivity index (χ3v) is 5.25. The first-order valence-corrected chi connectivity index (χ1v) is 10.2. The zero-order valence-electron chi connectivity index (χ0n) is 16.2. The summed E-state index contributed by atoms with van der Waals surface area (Å²) < 4.78 is 16.6. The highest BCUT2D eigenvalue weighted by Gasteiger charge is 2.29. The van der Waals surface area contributed by atoms with Crippen molar-refractivity contribution in [3.63, 3.8) is 0 Å². The molecule has 1 aromatic heterocycles. The van der Waals surface area contributed by atoms with Crippen LogP contribution in [0.5, 0.6) is 5.75 Å². The van der Waals surface area contributed by atoms with E-state index in [0.717, 1.165) is 25.3 Å². The summed E-state index contributed by atoms with van der Waals surface area (Å²) in [6.07, 6.45) is 2.49. The van der Waals surface area contributed by atoms with Crippen LogP contribution in [0.15, 0.2) is 34.9 Å². The van der Waals surface area contributed by atoms with E-state index in [1.165, 1.54) is 4.90 Å². The van der Waals surface area contributed by atoms with E-state index in [1.54, 1.807) is 18.4 Å². The number of furan rings is 1. The van der Waals surface area contributed by atoms with Crippen LogP contribution < -0.4 is 27.4 Å². The first kappa shape index (κ1) is 23.8. The highest BCUT2D eigenvalue weighted by Crippen LogP contribution is 2.34. The number of morpholine rings is 1. The maximum absolute atomic E-state index is 12.7. The third-order valence-electron chi connectivity index (χ3n) is 4.69.